The summed E-state index contributed by atoms with van der Waals surface area (Å²) >= 11 is 0. The molecular weight excluding hydrogens is 160 g/mol. The van der Waals surface area contributed by atoms with E-state index in [4.69, 9.17) is 0 Å². The van der Waals surface area contributed by atoms with Gasteiger partial charge in [-0.25, -0.2) is 0 Å². The minimum Gasteiger partial charge on any atom is -0.331 e. The Hall–Kier alpha value is -0.0800. The van der Waals surface area contributed by atoms with E-state index in [2.05, 4.69) is 39.9 Å². The molecule has 0 amide bonds. The molecule has 1 unspecified atom stereocenters. The zero-order chi connectivity index (χ0) is 10.1. The van der Waals surface area contributed by atoms with Gasteiger partial charge >= 0.3 is 0 Å². The van der Waals surface area contributed by atoms with Gasteiger partial charge in [-0.3, -0.25) is 0 Å². The molecule has 0 saturated carbocycles. The first-order chi connectivity index (χ1) is 5.88. The van der Waals surface area contributed by atoms with Crippen LogP contribution in [0.3, 0.4) is 0 Å². The van der Waals surface area contributed by atoms with Crippen molar-refractivity contribution in [3.63, 3.8) is 0 Å². The van der Waals surface area contributed by atoms with Gasteiger partial charge < -0.3 is 9.38 Å². The Morgan fingerprint density at radius 2 is 1.92 bits per heavy atom. The summed E-state index contributed by atoms with van der Waals surface area (Å²) in [6, 6.07) is 0.734. The Kier molecular flexibility index (Phi) is 3.36. The van der Waals surface area contributed by atoms with E-state index >= 15 is 0 Å². The average molecular weight is 185 g/mol. The van der Waals surface area contributed by atoms with Crippen LogP contribution < -0.4 is 0 Å². The van der Waals surface area contributed by atoms with Crippen LogP contribution in [-0.2, 0) is 0 Å². The Labute approximate surface area is 83.1 Å². The maximum absolute atomic E-state index is 2.60. The minimum absolute atomic E-state index is 0.734. The molecule has 0 aromatic carbocycles. The molecule has 2 heteroatoms. The second-order valence-corrected chi connectivity index (χ2v) is 5.72. The Morgan fingerprint density at radius 1 is 1.31 bits per heavy atom. The number of hydrogen-bond donors (Lipinski definition) is 0. The molecule has 0 aliphatic carbocycles. The molecule has 1 aliphatic rings. The fourth-order valence-electron chi connectivity index (χ4n) is 2.26. The van der Waals surface area contributed by atoms with Crippen molar-refractivity contribution in [1.29, 1.82) is 0 Å². The van der Waals surface area contributed by atoms with Gasteiger partial charge in [-0.05, 0) is 26.8 Å². The monoisotopic (exact) mass is 185 g/mol. The first-order valence-corrected chi connectivity index (χ1v) is 5.43. The molecule has 1 fully saturated rings. The molecule has 0 N–H and O–H groups in total. The third kappa shape index (κ3) is 3.65. The Morgan fingerprint density at radius 3 is 2.31 bits per heavy atom. The van der Waals surface area contributed by atoms with Crippen LogP contribution in [-0.4, -0.2) is 56.2 Å². The van der Waals surface area contributed by atoms with Crippen molar-refractivity contribution in [1.82, 2.24) is 4.90 Å². The number of nitrogens with zero attached hydrogens (tertiary/aromatic N) is 2. The molecule has 13 heavy (non-hydrogen) atoms. The Bertz CT molecular complexity index is 158. The van der Waals surface area contributed by atoms with Gasteiger partial charge in [-0.1, -0.05) is 0 Å². The van der Waals surface area contributed by atoms with Gasteiger partial charge in [0, 0.05) is 18.5 Å². The molecule has 0 spiro atoms. The van der Waals surface area contributed by atoms with E-state index in [-0.39, 0.29) is 0 Å². The zero-order valence-electron chi connectivity index (χ0n) is 9.88. The van der Waals surface area contributed by atoms with Crippen LogP contribution in [0.4, 0.5) is 0 Å². The van der Waals surface area contributed by atoms with Crippen LogP contribution in [0.1, 0.15) is 20.3 Å². The molecule has 0 bridgehead atoms. The standard InChI is InChI=1S/C11H25N2/c1-10(2)12-7-6-11(8-12)9-13(3,4)5/h10-11H,6-9H2,1-5H3/q+1. The summed E-state index contributed by atoms with van der Waals surface area (Å²) in [6.07, 6.45) is 1.40. The zero-order valence-corrected chi connectivity index (χ0v) is 9.88. The maximum atomic E-state index is 2.60. The predicted octanol–water partition coefficient (Wildman–Crippen LogP) is 1.42. The van der Waals surface area contributed by atoms with Gasteiger partial charge in [-0.2, -0.15) is 0 Å². The van der Waals surface area contributed by atoms with Crippen molar-refractivity contribution in [2.45, 2.75) is 26.3 Å². The molecule has 1 heterocycles. The van der Waals surface area contributed by atoms with E-state index in [0.717, 1.165) is 16.4 Å². The third-order valence-corrected chi connectivity index (χ3v) is 2.85. The van der Waals surface area contributed by atoms with E-state index in [1.54, 1.807) is 0 Å². The summed E-state index contributed by atoms with van der Waals surface area (Å²) in [5.41, 5.74) is 0. The highest BCUT2D eigenvalue weighted by molar-refractivity contribution is 4.77. The highest BCUT2D eigenvalue weighted by Gasteiger charge is 2.27. The lowest BCUT2D eigenvalue weighted by molar-refractivity contribution is -0.873. The molecular formula is C11H25N2+. The van der Waals surface area contributed by atoms with Crippen molar-refractivity contribution in [2.24, 2.45) is 5.92 Å². The first kappa shape index (κ1) is 11.0. The first-order valence-electron chi connectivity index (χ1n) is 5.43. The van der Waals surface area contributed by atoms with Crippen LogP contribution in [0.15, 0.2) is 0 Å². The third-order valence-electron chi connectivity index (χ3n) is 2.85. The maximum Gasteiger partial charge on any atom is 0.0821 e. The normalized spacial score (nSPS) is 25.8. The fraction of sp³-hybridized carbons (Fsp3) is 1.00. The van der Waals surface area contributed by atoms with Crippen LogP contribution in [0.25, 0.3) is 0 Å². The largest absolute Gasteiger partial charge is 0.331 e. The summed E-state index contributed by atoms with van der Waals surface area (Å²) in [5, 5.41) is 0. The molecule has 0 radical (unpaired) electrons. The van der Waals surface area contributed by atoms with Crippen LogP contribution in [0.5, 0.6) is 0 Å². The topological polar surface area (TPSA) is 3.24 Å². The predicted molar refractivity (Wildman–Crippen MR) is 57.7 cm³/mol. The summed E-state index contributed by atoms with van der Waals surface area (Å²) in [6.45, 7) is 8.54. The van der Waals surface area contributed by atoms with Gasteiger partial charge in [0.15, 0.2) is 0 Å². The second-order valence-electron chi connectivity index (χ2n) is 5.72. The minimum atomic E-state index is 0.734. The summed E-state index contributed by atoms with van der Waals surface area (Å²) in [4.78, 5) is 2.60. The lowest BCUT2D eigenvalue weighted by Crippen LogP contribution is -2.40. The molecule has 1 saturated heterocycles. The summed E-state index contributed by atoms with van der Waals surface area (Å²) < 4.78 is 1.11. The van der Waals surface area contributed by atoms with Gasteiger partial charge in [0.25, 0.3) is 0 Å². The molecule has 2 nitrogen and oxygen atoms in total. The highest BCUT2D eigenvalue weighted by atomic mass is 15.3. The van der Waals surface area contributed by atoms with E-state index in [1.807, 2.05) is 0 Å². The molecule has 78 valence electrons. The van der Waals surface area contributed by atoms with Crippen LogP contribution in [0.2, 0.25) is 0 Å². The second kappa shape index (κ2) is 3.97. The molecule has 0 aromatic heterocycles. The number of hydrogen-bond acceptors (Lipinski definition) is 1. The number of likely N-dealkylation sites (tertiary alicyclic amines) is 1. The van der Waals surface area contributed by atoms with Gasteiger partial charge in [0.05, 0.1) is 27.7 Å². The number of quaternary nitrogens is 1. The van der Waals surface area contributed by atoms with Crippen molar-refractivity contribution in [2.75, 3.05) is 40.8 Å². The Balaban J connectivity index is 2.33. The van der Waals surface area contributed by atoms with Gasteiger partial charge in [-0.15, -0.1) is 0 Å². The van der Waals surface area contributed by atoms with Crippen molar-refractivity contribution in [3.8, 4) is 0 Å². The van der Waals surface area contributed by atoms with Gasteiger partial charge in [0.1, 0.15) is 0 Å². The smallest absolute Gasteiger partial charge is 0.0821 e. The lowest BCUT2D eigenvalue weighted by Gasteiger charge is -2.28. The van der Waals surface area contributed by atoms with Crippen LogP contribution in [0, 0.1) is 5.92 Å². The average Bonchev–Trinajstić information content (AvgIpc) is 2.31. The summed E-state index contributed by atoms with van der Waals surface area (Å²) in [5.74, 6) is 0.919. The van der Waals surface area contributed by atoms with E-state index in [9.17, 15) is 0 Å². The van der Waals surface area contributed by atoms with E-state index < -0.39 is 0 Å². The lowest BCUT2D eigenvalue weighted by atomic mass is 10.1. The fourth-order valence-corrected chi connectivity index (χ4v) is 2.26. The van der Waals surface area contributed by atoms with Crippen molar-refractivity contribution >= 4 is 0 Å². The van der Waals surface area contributed by atoms with Crippen molar-refractivity contribution < 1.29 is 4.48 Å². The quantitative estimate of drug-likeness (QED) is 0.601. The number of rotatable bonds is 3. The van der Waals surface area contributed by atoms with Crippen LogP contribution >= 0.6 is 0 Å². The van der Waals surface area contributed by atoms with E-state index in [1.165, 1.54) is 26.1 Å². The SMILES string of the molecule is CC(C)N1CCC(C[N+](C)(C)C)C1. The molecule has 1 rings (SSSR count). The van der Waals surface area contributed by atoms with Crippen molar-refractivity contribution in [3.05, 3.63) is 0 Å². The molecule has 1 atom stereocenters. The molecule has 0 aromatic rings. The van der Waals surface area contributed by atoms with E-state index in [0.29, 0.717) is 0 Å². The molecule has 1 aliphatic heterocycles. The summed E-state index contributed by atoms with van der Waals surface area (Å²) in [7, 11) is 6.87. The van der Waals surface area contributed by atoms with Gasteiger partial charge in [0.2, 0.25) is 0 Å². The highest BCUT2D eigenvalue weighted by Crippen LogP contribution is 2.20.